The lowest BCUT2D eigenvalue weighted by Crippen LogP contribution is -2.54. The topological polar surface area (TPSA) is 132 Å². The van der Waals surface area contributed by atoms with Crippen molar-refractivity contribution in [2.24, 2.45) is 0 Å². The van der Waals surface area contributed by atoms with Crippen molar-refractivity contribution in [3.8, 4) is 23.2 Å². The Morgan fingerprint density at radius 1 is 0.776 bits per heavy atom. The highest BCUT2D eigenvalue weighted by Crippen LogP contribution is 2.35. The fourth-order valence-electron chi connectivity index (χ4n) is 10.2. The van der Waals surface area contributed by atoms with Crippen LogP contribution in [0.5, 0.6) is 0 Å². The molecule has 12 heteroatoms. The second kappa shape index (κ2) is 18.2. The van der Waals surface area contributed by atoms with Crippen LogP contribution in [0.2, 0.25) is 0 Å². The maximum absolute atomic E-state index is 13.6. The molecule has 1 atom stereocenters. The standard InChI is InChI=1S/C55H50N8O4/c64-51-20-19-50(53(65)59-51)63-34-44-28-40(17-18-47(44)55(63)67)45-32-62(33-45)46-22-25-60(26-23-46)24-3-4-36-7-9-37(10-8-36)11-12-38-13-15-39(16-14-38)54(66)61-27-21-42-30-57-52(58-49(42)35-61)43-29-41-5-1-2-6-48(41)56-31-43/h1-2,5-18,28-31,45-46,50H,19-27,32-35H2,(H,59,64,65)/b12-11+. The number of piperidine rings is 2. The molecule has 11 rings (SSSR count). The van der Waals surface area contributed by atoms with E-state index in [1.807, 2.05) is 71.9 Å². The molecule has 0 bridgehead atoms. The minimum Gasteiger partial charge on any atom is -0.332 e. The molecule has 0 saturated carbocycles. The van der Waals surface area contributed by atoms with E-state index in [1.165, 1.54) is 5.56 Å². The van der Waals surface area contributed by atoms with Gasteiger partial charge in [-0.3, -0.25) is 39.3 Å². The summed E-state index contributed by atoms with van der Waals surface area (Å²) in [6, 6.07) is 32.3. The number of pyridine rings is 1. The molecule has 4 aromatic carbocycles. The molecule has 2 aromatic heterocycles. The van der Waals surface area contributed by atoms with E-state index in [1.54, 1.807) is 4.90 Å². The number of rotatable bonds is 8. The average Bonchev–Trinajstić information content (AvgIpc) is 3.67. The number of nitrogens with one attached hydrogen (secondary N) is 1. The van der Waals surface area contributed by atoms with Crippen molar-refractivity contribution in [2.75, 3.05) is 39.3 Å². The smallest absolute Gasteiger partial charge is 0.255 e. The zero-order chi connectivity index (χ0) is 45.4. The maximum Gasteiger partial charge on any atom is 0.255 e. The number of likely N-dealkylation sites (tertiary alicyclic amines) is 2. The quantitative estimate of drug-likeness (QED) is 0.100. The molecule has 0 aliphatic carbocycles. The maximum atomic E-state index is 13.6. The first kappa shape index (κ1) is 42.3. The van der Waals surface area contributed by atoms with Gasteiger partial charge in [-0.15, -0.1) is 0 Å². The van der Waals surface area contributed by atoms with Gasteiger partial charge in [0.15, 0.2) is 5.82 Å². The predicted octanol–water partition coefficient (Wildman–Crippen LogP) is 6.74. The van der Waals surface area contributed by atoms with Gasteiger partial charge in [-0.2, -0.15) is 0 Å². The lowest BCUT2D eigenvalue weighted by Gasteiger charge is -2.47. The molecule has 334 valence electrons. The van der Waals surface area contributed by atoms with Crippen molar-refractivity contribution >= 4 is 46.7 Å². The van der Waals surface area contributed by atoms with Crippen molar-refractivity contribution in [2.45, 2.75) is 63.2 Å². The molecular formula is C55H50N8O4. The first-order chi connectivity index (χ1) is 32.8. The van der Waals surface area contributed by atoms with E-state index in [-0.39, 0.29) is 30.0 Å². The van der Waals surface area contributed by atoms with Crippen molar-refractivity contribution in [1.82, 2.24) is 39.9 Å². The molecule has 5 aliphatic rings. The minimum atomic E-state index is -0.587. The van der Waals surface area contributed by atoms with Gasteiger partial charge in [0, 0.05) is 97.7 Å². The molecule has 3 saturated heterocycles. The fraction of sp³-hybridized carbons (Fsp3) is 0.291. The van der Waals surface area contributed by atoms with E-state index in [9.17, 15) is 19.2 Å². The summed E-state index contributed by atoms with van der Waals surface area (Å²) >= 11 is 0. The Morgan fingerprint density at radius 3 is 2.34 bits per heavy atom. The molecule has 1 N–H and O–H groups in total. The molecule has 6 aromatic rings. The lowest BCUT2D eigenvalue weighted by atomic mass is 9.86. The SMILES string of the molecule is O=C1CCC(N2Cc3cc(C4CN(C5CCN(CC#Cc6ccc(/C=C/c7ccc(C(=O)N8CCc9cnc(-c%10cnc%11ccccc%11c%10)nc9C8)cc7)cc6)CC5)C4)ccc3C2=O)C(=O)N1. The zero-order valence-corrected chi connectivity index (χ0v) is 37.2. The molecule has 5 aliphatic heterocycles. The van der Waals surface area contributed by atoms with Crippen molar-refractivity contribution in [1.29, 1.82) is 0 Å². The van der Waals surface area contributed by atoms with Crippen LogP contribution in [-0.2, 0) is 29.1 Å². The lowest BCUT2D eigenvalue weighted by molar-refractivity contribution is -0.136. The number of carbonyl (C=O) groups excluding carboxylic acids is 4. The number of para-hydroxylation sites is 1. The van der Waals surface area contributed by atoms with Crippen molar-refractivity contribution in [3.63, 3.8) is 0 Å². The van der Waals surface area contributed by atoms with Crippen molar-refractivity contribution in [3.05, 3.63) is 160 Å². The summed E-state index contributed by atoms with van der Waals surface area (Å²) in [5.74, 6) is 7.04. The Bertz CT molecular complexity index is 3010. The highest BCUT2D eigenvalue weighted by molar-refractivity contribution is 6.05. The van der Waals surface area contributed by atoms with E-state index in [4.69, 9.17) is 4.98 Å². The van der Waals surface area contributed by atoms with Crippen LogP contribution in [0, 0.1) is 11.8 Å². The number of fused-ring (bicyclic) bond motifs is 3. The second-order valence-electron chi connectivity index (χ2n) is 18.4. The van der Waals surface area contributed by atoms with Gasteiger partial charge in [-0.05, 0) is 96.0 Å². The van der Waals surface area contributed by atoms with Gasteiger partial charge in [0.05, 0.1) is 24.3 Å². The van der Waals surface area contributed by atoms with Crippen LogP contribution in [0.25, 0.3) is 34.4 Å². The van der Waals surface area contributed by atoms with E-state index in [0.717, 1.165) is 95.5 Å². The molecule has 67 heavy (non-hydrogen) atoms. The first-order valence-electron chi connectivity index (χ1n) is 23.4. The first-order valence-corrected chi connectivity index (χ1v) is 23.4. The Kier molecular flexibility index (Phi) is 11.5. The summed E-state index contributed by atoms with van der Waals surface area (Å²) in [6.07, 6.45) is 11.4. The number of amides is 4. The van der Waals surface area contributed by atoms with Crippen LogP contribution >= 0.6 is 0 Å². The van der Waals surface area contributed by atoms with Crippen LogP contribution in [0.4, 0.5) is 0 Å². The summed E-state index contributed by atoms with van der Waals surface area (Å²) in [6.45, 7) is 6.34. The summed E-state index contributed by atoms with van der Waals surface area (Å²) in [7, 11) is 0. The van der Waals surface area contributed by atoms with Crippen LogP contribution in [0.3, 0.4) is 0 Å². The van der Waals surface area contributed by atoms with E-state index in [2.05, 4.69) is 91.5 Å². The molecule has 1 unspecified atom stereocenters. The van der Waals surface area contributed by atoms with Gasteiger partial charge in [-0.25, -0.2) is 9.97 Å². The van der Waals surface area contributed by atoms with Crippen LogP contribution in [0.1, 0.15) is 91.4 Å². The normalized spacial score (nSPS) is 19.2. The van der Waals surface area contributed by atoms with Crippen LogP contribution in [-0.4, -0.2) is 110 Å². The minimum absolute atomic E-state index is 0.00568. The second-order valence-corrected chi connectivity index (χ2v) is 18.4. The Hall–Kier alpha value is -7.33. The largest absolute Gasteiger partial charge is 0.332 e. The van der Waals surface area contributed by atoms with E-state index in [0.29, 0.717) is 61.4 Å². The average molecular weight is 887 g/mol. The van der Waals surface area contributed by atoms with Gasteiger partial charge in [0.1, 0.15) is 6.04 Å². The van der Waals surface area contributed by atoms with Gasteiger partial charge >= 0.3 is 0 Å². The Morgan fingerprint density at radius 2 is 1.55 bits per heavy atom. The number of hydrogen-bond donors (Lipinski definition) is 1. The monoisotopic (exact) mass is 886 g/mol. The highest BCUT2D eigenvalue weighted by atomic mass is 16.2. The third-order valence-corrected chi connectivity index (χ3v) is 14.2. The molecule has 4 amide bonds. The van der Waals surface area contributed by atoms with Gasteiger partial charge in [0.2, 0.25) is 11.8 Å². The molecular weight excluding hydrogens is 837 g/mol. The number of nitrogens with zero attached hydrogens (tertiary/aromatic N) is 7. The number of carbonyl (C=O) groups is 4. The van der Waals surface area contributed by atoms with Gasteiger partial charge in [-0.1, -0.05) is 78.6 Å². The number of aromatic nitrogens is 3. The molecule has 0 spiro atoms. The summed E-state index contributed by atoms with van der Waals surface area (Å²) in [5.41, 5.74) is 10.4. The van der Waals surface area contributed by atoms with Crippen LogP contribution < -0.4 is 5.32 Å². The number of benzene rings is 4. The van der Waals surface area contributed by atoms with Gasteiger partial charge < -0.3 is 9.80 Å². The molecule has 7 heterocycles. The third kappa shape index (κ3) is 8.88. The summed E-state index contributed by atoms with van der Waals surface area (Å²) in [4.78, 5) is 73.4. The van der Waals surface area contributed by atoms with E-state index < -0.39 is 6.04 Å². The third-order valence-electron chi connectivity index (χ3n) is 14.2. The Labute approximate surface area is 389 Å². The van der Waals surface area contributed by atoms with Crippen LogP contribution in [0.15, 0.2) is 109 Å². The summed E-state index contributed by atoms with van der Waals surface area (Å²) < 4.78 is 0. The molecule has 0 radical (unpaired) electrons. The number of imide groups is 1. The molecule has 12 nitrogen and oxygen atoms in total. The number of hydrogen-bond acceptors (Lipinski definition) is 9. The molecule has 3 fully saturated rings. The fourth-order valence-corrected chi connectivity index (χ4v) is 10.2. The van der Waals surface area contributed by atoms with Crippen molar-refractivity contribution < 1.29 is 19.2 Å². The van der Waals surface area contributed by atoms with E-state index >= 15 is 0 Å². The summed E-state index contributed by atoms with van der Waals surface area (Å²) in [5, 5.41) is 3.42. The predicted molar refractivity (Wildman–Crippen MR) is 256 cm³/mol. The van der Waals surface area contributed by atoms with Gasteiger partial charge in [0.25, 0.3) is 11.8 Å². The zero-order valence-electron chi connectivity index (χ0n) is 37.2. The highest BCUT2D eigenvalue weighted by Gasteiger charge is 2.40. The Balaban J connectivity index is 0.617.